The highest BCUT2D eigenvalue weighted by atomic mass is 16.2. The topological polar surface area (TPSA) is 44.4 Å². The van der Waals surface area contributed by atoms with Crippen LogP contribution in [0.5, 0.6) is 0 Å². The lowest BCUT2D eigenvalue weighted by atomic mass is 9.75. The number of hydrogen-bond acceptors (Lipinski definition) is 3. The van der Waals surface area contributed by atoms with Crippen LogP contribution >= 0.6 is 0 Å². The van der Waals surface area contributed by atoms with E-state index in [1.54, 1.807) is 0 Å². The number of carbonyl (C=O) groups excluding carboxylic acids is 1. The molecule has 2 rings (SSSR count). The van der Waals surface area contributed by atoms with Crippen molar-refractivity contribution in [2.24, 2.45) is 5.92 Å². The summed E-state index contributed by atoms with van der Waals surface area (Å²) in [6.07, 6.45) is 7.01. The molecule has 1 saturated heterocycles. The first-order chi connectivity index (χ1) is 9.38. The summed E-state index contributed by atoms with van der Waals surface area (Å²) in [6, 6.07) is 0. The fourth-order valence-electron chi connectivity index (χ4n) is 3.89. The third kappa shape index (κ3) is 3.17. The molecule has 20 heavy (non-hydrogen) atoms. The largest absolute Gasteiger partial charge is 0.353 e. The first-order valence-electron chi connectivity index (χ1n) is 8.09. The molecule has 2 N–H and O–H groups in total. The van der Waals surface area contributed by atoms with Crippen LogP contribution in [0.15, 0.2) is 0 Å². The number of carbonyl (C=O) groups is 1. The van der Waals surface area contributed by atoms with E-state index in [4.69, 9.17) is 0 Å². The maximum absolute atomic E-state index is 12.5. The van der Waals surface area contributed by atoms with Crippen LogP contribution in [0.25, 0.3) is 0 Å². The summed E-state index contributed by atoms with van der Waals surface area (Å²) in [5.41, 5.74) is -0.212. The molecule has 2 fully saturated rings. The normalized spacial score (nSPS) is 38.1. The quantitative estimate of drug-likeness (QED) is 0.825. The van der Waals surface area contributed by atoms with Gasteiger partial charge in [-0.1, -0.05) is 19.8 Å². The van der Waals surface area contributed by atoms with Crippen molar-refractivity contribution >= 4 is 5.91 Å². The minimum atomic E-state index is -0.353. The van der Waals surface area contributed by atoms with Gasteiger partial charge in [-0.25, -0.2) is 0 Å². The van der Waals surface area contributed by atoms with Crippen LogP contribution < -0.4 is 10.6 Å². The maximum atomic E-state index is 12.5. The maximum Gasteiger partial charge on any atom is 0.240 e. The Morgan fingerprint density at radius 2 is 2.10 bits per heavy atom. The molecule has 3 atom stereocenters. The fourth-order valence-corrected chi connectivity index (χ4v) is 3.89. The van der Waals surface area contributed by atoms with Gasteiger partial charge in [0, 0.05) is 12.1 Å². The van der Waals surface area contributed by atoms with Crippen molar-refractivity contribution in [2.75, 3.05) is 27.2 Å². The van der Waals surface area contributed by atoms with Gasteiger partial charge in [0.05, 0.1) is 5.54 Å². The minimum Gasteiger partial charge on any atom is -0.353 e. The number of hydrogen-bond donors (Lipinski definition) is 2. The van der Waals surface area contributed by atoms with Crippen LogP contribution in [0.3, 0.4) is 0 Å². The van der Waals surface area contributed by atoms with Crippen molar-refractivity contribution < 1.29 is 4.79 Å². The Labute approximate surface area is 123 Å². The average molecular weight is 281 g/mol. The van der Waals surface area contributed by atoms with Crippen molar-refractivity contribution in [3.63, 3.8) is 0 Å². The van der Waals surface area contributed by atoms with Crippen LogP contribution in [0, 0.1) is 5.92 Å². The Hall–Kier alpha value is -0.610. The van der Waals surface area contributed by atoms with Gasteiger partial charge in [0.2, 0.25) is 5.91 Å². The first-order valence-corrected chi connectivity index (χ1v) is 8.09. The molecule has 1 saturated carbocycles. The van der Waals surface area contributed by atoms with Crippen LogP contribution in [0.1, 0.15) is 52.4 Å². The third-order valence-corrected chi connectivity index (χ3v) is 5.46. The van der Waals surface area contributed by atoms with Gasteiger partial charge in [0.15, 0.2) is 0 Å². The van der Waals surface area contributed by atoms with Crippen molar-refractivity contribution in [2.45, 2.75) is 63.5 Å². The van der Waals surface area contributed by atoms with E-state index in [2.05, 4.69) is 36.6 Å². The predicted octanol–water partition coefficient (Wildman–Crippen LogP) is 1.76. The highest BCUT2D eigenvalue weighted by Crippen LogP contribution is 2.35. The zero-order valence-corrected chi connectivity index (χ0v) is 13.6. The molecule has 1 amide bonds. The number of nitrogens with zero attached hydrogens (tertiary/aromatic N) is 1. The van der Waals surface area contributed by atoms with Crippen molar-refractivity contribution in [1.29, 1.82) is 0 Å². The molecule has 3 unspecified atom stereocenters. The van der Waals surface area contributed by atoms with E-state index in [0.717, 1.165) is 31.8 Å². The molecule has 0 bridgehead atoms. The van der Waals surface area contributed by atoms with E-state index in [-0.39, 0.29) is 17.0 Å². The van der Waals surface area contributed by atoms with Gasteiger partial charge in [0.1, 0.15) is 0 Å². The molecule has 4 nitrogen and oxygen atoms in total. The first kappa shape index (κ1) is 15.8. The van der Waals surface area contributed by atoms with Gasteiger partial charge in [-0.3, -0.25) is 4.79 Å². The number of likely N-dealkylation sites (N-methyl/N-ethyl adjacent to an activating group) is 1. The summed E-state index contributed by atoms with van der Waals surface area (Å²) in [5, 5.41) is 6.58. The van der Waals surface area contributed by atoms with E-state index < -0.39 is 0 Å². The fraction of sp³-hybridized carbons (Fsp3) is 0.938. The second-order valence-corrected chi connectivity index (χ2v) is 7.37. The van der Waals surface area contributed by atoms with E-state index >= 15 is 0 Å². The lowest BCUT2D eigenvalue weighted by molar-refractivity contribution is -0.127. The zero-order chi connectivity index (χ0) is 14.8. The summed E-state index contributed by atoms with van der Waals surface area (Å²) in [5.74, 6) is 0.928. The molecule has 116 valence electrons. The Morgan fingerprint density at radius 3 is 2.65 bits per heavy atom. The predicted molar refractivity (Wildman–Crippen MR) is 82.7 cm³/mol. The summed E-state index contributed by atoms with van der Waals surface area (Å²) in [6.45, 7) is 6.10. The summed E-state index contributed by atoms with van der Waals surface area (Å²) in [4.78, 5) is 14.8. The second-order valence-electron chi connectivity index (χ2n) is 7.37. The highest BCUT2D eigenvalue weighted by Gasteiger charge is 2.40. The molecule has 0 aromatic carbocycles. The number of amides is 1. The molecule has 4 heteroatoms. The Morgan fingerprint density at radius 1 is 1.35 bits per heavy atom. The zero-order valence-electron chi connectivity index (χ0n) is 13.6. The number of rotatable bonds is 4. The molecular formula is C16H31N3O. The van der Waals surface area contributed by atoms with Gasteiger partial charge >= 0.3 is 0 Å². The lowest BCUT2D eigenvalue weighted by Gasteiger charge is -2.45. The van der Waals surface area contributed by atoms with Crippen LogP contribution in [0.4, 0.5) is 0 Å². The SMILES string of the molecule is CC1CCCC(CNC(=O)C2(C)CCCN2)(N(C)C)C1. The average Bonchev–Trinajstić information content (AvgIpc) is 2.84. The molecule has 0 aromatic heterocycles. The van der Waals surface area contributed by atoms with Crippen molar-refractivity contribution in [3.8, 4) is 0 Å². The molecule has 1 aliphatic heterocycles. The summed E-state index contributed by atoms with van der Waals surface area (Å²) < 4.78 is 0. The molecular weight excluding hydrogens is 250 g/mol. The van der Waals surface area contributed by atoms with E-state index in [1.165, 1.54) is 25.7 Å². The second kappa shape index (κ2) is 6.02. The monoisotopic (exact) mass is 281 g/mol. The molecule has 0 aromatic rings. The smallest absolute Gasteiger partial charge is 0.240 e. The van der Waals surface area contributed by atoms with Crippen LogP contribution in [0.2, 0.25) is 0 Å². The molecule has 2 aliphatic rings. The Balaban J connectivity index is 1.97. The molecule has 1 aliphatic carbocycles. The molecule has 0 spiro atoms. The molecule has 1 heterocycles. The van der Waals surface area contributed by atoms with Crippen LogP contribution in [-0.4, -0.2) is 49.1 Å². The highest BCUT2D eigenvalue weighted by molar-refractivity contribution is 5.86. The molecule has 0 radical (unpaired) electrons. The van der Waals surface area contributed by atoms with Gasteiger partial charge < -0.3 is 15.5 Å². The minimum absolute atomic E-state index is 0.141. The van der Waals surface area contributed by atoms with Gasteiger partial charge in [-0.15, -0.1) is 0 Å². The van der Waals surface area contributed by atoms with E-state index in [0.29, 0.717) is 0 Å². The van der Waals surface area contributed by atoms with Gasteiger partial charge in [-0.05, 0) is 59.2 Å². The number of nitrogens with one attached hydrogen (secondary N) is 2. The lowest BCUT2D eigenvalue weighted by Crippen LogP contribution is -2.59. The Kier molecular flexibility index (Phi) is 4.75. The van der Waals surface area contributed by atoms with Crippen molar-refractivity contribution in [3.05, 3.63) is 0 Å². The van der Waals surface area contributed by atoms with Crippen LogP contribution in [-0.2, 0) is 4.79 Å². The third-order valence-electron chi connectivity index (χ3n) is 5.46. The van der Waals surface area contributed by atoms with E-state index in [9.17, 15) is 4.79 Å². The Bertz CT molecular complexity index is 350. The van der Waals surface area contributed by atoms with Gasteiger partial charge in [0.25, 0.3) is 0 Å². The summed E-state index contributed by atoms with van der Waals surface area (Å²) in [7, 11) is 4.31. The van der Waals surface area contributed by atoms with Gasteiger partial charge in [-0.2, -0.15) is 0 Å². The van der Waals surface area contributed by atoms with E-state index in [1.807, 2.05) is 6.92 Å². The van der Waals surface area contributed by atoms with Crippen molar-refractivity contribution in [1.82, 2.24) is 15.5 Å². The standard InChI is InChI=1S/C16H31N3O/c1-13-7-5-9-16(11-13,19(3)4)12-17-14(20)15(2)8-6-10-18-15/h13,18H,5-12H2,1-4H3,(H,17,20). The summed E-state index contributed by atoms with van der Waals surface area (Å²) >= 11 is 0.